The van der Waals surface area contributed by atoms with E-state index in [0.717, 1.165) is 10.6 Å². The van der Waals surface area contributed by atoms with Crippen molar-refractivity contribution in [1.29, 1.82) is 0 Å². The first kappa shape index (κ1) is 19.4. The fourth-order valence-electron chi connectivity index (χ4n) is 2.50. The average molecular weight is 394 g/mol. The Hall–Kier alpha value is -3.32. The molecule has 7 heteroatoms. The molecule has 0 saturated carbocycles. The van der Waals surface area contributed by atoms with Gasteiger partial charge >= 0.3 is 5.97 Å². The van der Waals surface area contributed by atoms with E-state index in [0.29, 0.717) is 22.0 Å². The Bertz CT molecular complexity index is 1020. The van der Waals surface area contributed by atoms with Gasteiger partial charge in [0, 0.05) is 10.6 Å². The van der Waals surface area contributed by atoms with E-state index in [1.165, 1.54) is 23.9 Å². The number of hydrogen-bond acceptors (Lipinski definition) is 5. The van der Waals surface area contributed by atoms with E-state index in [4.69, 9.17) is 9.84 Å². The van der Waals surface area contributed by atoms with Crippen molar-refractivity contribution in [3.8, 4) is 5.75 Å². The summed E-state index contributed by atoms with van der Waals surface area (Å²) in [5, 5.41) is 12.4. The second kappa shape index (κ2) is 8.58. The maximum atomic E-state index is 12.9. The Morgan fingerprint density at radius 1 is 1.04 bits per heavy atom. The zero-order chi connectivity index (χ0) is 20.1. The topological polar surface area (TPSA) is 88.5 Å². The number of methoxy groups -OCH3 is 1. The van der Waals surface area contributed by atoms with E-state index in [2.05, 4.69) is 10.3 Å². The largest absolute Gasteiger partial charge is 0.495 e. The highest BCUT2D eigenvalue weighted by atomic mass is 32.2. The number of para-hydroxylation sites is 2. The summed E-state index contributed by atoms with van der Waals surface area (Å²) in [6.07, 6.45) is 0. The third kappa shape index (κ3) is 4.50. The predicted octanol–water partition coefficient (Wildman–Crippen LogP) is 4.50. The molecule has 0 radical (unpaired) electrons. The van der Waals surface area contributed by atoms with Crippen molar-refractivity contribution in [3.63, 3.8) is 0 Å². The Morgan fingerprint density at radius 2 is 1.75 bits per heavy atom. The molecule has 0 spiro atoms. The molecule has 0 unspecified atom stereocenters. The number of amides is 1. The minimum absolute atomic E-state index is 0.204. The molecule has 1 amide bonds. The van der Waals surface area contributed by atoms with Crippen LogP contribution in [-0.2, 0) is 0 Å². The van der Waals surface area contributed by atoms with Crippen LogP contribution in [0.15, 0.2) is 70.6 Å². The smallest absolute Gasteiger partial charge is 0.335 e. The van der Waals surface area contributed by atoms with E-state index in [1.54, 1.807) is 43.5 Å². The first-order chi connectivity index (χ1) is 13.5. The van der Waals surface area contributed by atoms with Crippen LogP contribution in [0.2, 0.25) is 0 Å². The zero-order valence-corrected chi connectivity index (χ0v) is 16.1. The number of nitrogens with zero attached hydrogens (tertiary/aromatic N) is 1. The van der Waals surface area contributed by atoms with Gasteiger partial charge in [-0.2, -0.15) is 0 Å². The summed E-state index contributed by atoms with van der Waals surface area (Å²) in [6.45, 7) is 1.85. The lowest BCUT2D eigenvalue weighted by molar-refractivity contribution is 0.0696. The maximum absolute atomic E-state index is 12.9. The number of nitrogens with one attached hydrogen (secondary N) is 1. The van der Waals surface area contributed by atoms with E-state index < -0.39 is 5.97 Å². The molecule has 0 saturated heterocycles. The first-order valence-corrected chi connectivity index (χ1v) is 9.23. The van der Waals surface area contributed by atoms with Gasteiger partial charge in [-0.25, -0.2) is 9.78 Å². The number of aromatic nitrogens is 1. The summed E-state index contributed by atoms with van der Waals surface area (Å²) in [5.41, 5.74) is 1.97. The molecule has 2 aromatic carbocycles. The molecule has 0 atom stereocenters. The highest BCUT2D eigenvalue weighted by molar-refractivity contribution is 7.99. The summed E-state index contributed by atoms with van der Waals surface area (Å²) in [7, 11) is 1.54. The maximum Gasteiger partial charge on any atom is 0.335 e. The number of carbonyl (C=O) groups excluding carboxylic acids is 1. The van der Waals surface area contributed by atoms with Crippen LogP contribution >= 0.6 is 11.8 Å². The lowest BCUT2D eigenvalue weighted by atomic mass is 10.2. The van der Waals surface area contributed by atoms with Crippen LogP contribution in [0.25, 0.3) is 0 Å². The van der Waals surface area contributed by atoms with Gasteiger partial charge in [0.15, 0.2) is 0 Å². The molecule has 1 heterocycles. The number of aromatic carboxylic acids is 1. The second-order valence-corrected chi connectivity index (χ2v) is 6.95. The van der Waals surface area contributed by atoms with Crippen molar-refractivity contribution in [2.24, 2.45) is 0 Å². The normalized spacial score (nSPS) is 10.4. The summed E-state index contributed by atoms with van der Waals surface area (Å²) in [6, 6.07) is 17.1. The quantitative estimate of drug-likeness (QED) is 0.640. The Morgan fingerprint density at radius 3 is 2.43 bits per heavy atom. The molecule has 0 fully saturated rings. The number of anilines is 1. The van der Waals surface area contributed by atoms with Gasteiger partial charge in [0.2, 0.25) is 0 Å². The van der Waals surface area contributed by atoms with Gasteiger partial charge in [-0.1, -0.05) is 23.9 Å². The Kier molecular flexibility index (Phi) is 5.96. The third-order valence-corrected chi connectivity index (χ3v) is 4.93. The van der Waals surface area contributed by atoms with Gasteiger partial charge in [-0.05, 0) is 55.5 Å². The molecule has 0 aliphatic heterocycles. The minimum atomic E-state index is -0.984. The highest BCUT2D eigenvalue weighted by Gasteiger charge is 2.16. The molecule has 0 bridgehead atoms. The molecule has 28 heavy (non-hydrogen) atoms. The van der Waals surface area contributed by atoms with Crippen molar-refractivity contribution in [2.75, 3.05) is 12.4 Å². The van der Waals surface area contributed by atoms with E-state index >= 15 is 0 Å². The number of carbonyl (C=O) groups is 2. The number of ether oxygens (including phenoxy) is 1. The summed E-state index contributed by atoms with van der Waals surface area (Å²) in [5.74, 6) is -0.724. The summed E-state index contributed by atoms with van der Waals surface area (Å²) in [4.78, 5) is 29.1. The van der Waals surface area contributed by atoms with Crippen LogP contribution in [-0.4, -0.2) is 29.1 Å². The van der Waals surface area contributed by atoms with Crippen molar-refractivity contribution >= 4 is 29.3 Å². The number of carboxylic acids is 1. The summed E-state index contributed by atoms with van der Waals surface area (Å²) < 4.78 is 5.27. The number of pyridine rings is 1. The van der Waals surface area contributed by atoms with Gasteiger partial charge < -0.3 is 15.2 Å². The Labute approximate surface area is 166 Å². The first-order valence-electron chi connectivity index (χ1n) is 8.41. The van der Waals surface area contributed by atoms with Crippen LogP contribution in [0.5, 0.6) is 5.75 Å². The number of benzene rings is 2. The third-order valence-electron chi connectivity index (χ3n) is 3.92. The van der Waals surface area contributed by atoms with Crippen LogP contribution in [0, 0.1) is 6.92 Å². The van der Waals surface area contributed by atoms with Gasteiger partial charge in [0.1, 0.15) is 10.8 Å². The van der Waals surface area contributed by atoms with Crippen molar-refractivity contribution in [1.82, 2.24) is 4.98 Å². The highest BCUT2D eigenvalue weighted by Crippen LogP contribution is 2.31. The average Bonchev–Trinajstić information content (AvgIpc) is 2.69. The van der Waals surface area contributed by atoms with E-state index in [9.17, 15) is 9.59 Å². The molecular formula is C21H18N2O4S. The van der Waals surface area contributed by atoms with Crippen LogP contribution in [0.1, 0.15) is 26.4 Å². The van der Waals surface area contributed by atoms with Crippen LogP contribution in [0.4, 0.5) is 5.69 Å². The molecule has 1 aromatic heterocycles. The number of aryl methyl sites for hydroxylation is 1. The van der Waals surface area contributed by atoms with Crippen molar-refractivity contribution in [2.45, 2.75) is 16.8 Å². The van der Waals surface area contributed by atoms with Crippen molar-refractivity contribution < 1.29 is 19.4 Å². The Balaban J connectivity index is 1.87. The molecule has 3 aromatic rings. The SMILES string of the molecule is COc1ccccc1NC(=O)c1ccc(C)nc1Sc1ccc(C(=O)O)cc1. The van der Waals surface area contributed by atoms with Gasteiger partial charge in [-0.3, -0.25) is 4.79 Å². The number of carboxylic acid groups (broad SMARTS) is 1. The van der Waals surface area contributed by atoms with E-state index in [-0.39, 0.29) is 11.5 Å². The lowest BCUT2D eigenvalue weighted by Crippen LogP contribution is -2.14. The van der Waals surface area contributed by atoms with Crippen LogP contribution in [0.3, 0.4) is 0 Å². The fraction of sp³-hybridized carbons (Fsp3) is 0.0952. The van der Waals surface area contributed by atoms with E-state index in [1.807, 2.05) is 19.1 Å². The second-order valence-electron chi connectivity index (χ2n) is 5.89. The molecule has 142 valence electrons. The molecular weight excluding hydrogens is 376 g/mol. The molecule has 3 rings (SSSR count). The standard InChI is InChI=1S/C21H18N2O4S/c1-13-7-12-16(19(24)23-17-5-3-4-6-18(17)27-2)20(22-13)28-15-10-8-14(9-11-15)21(25)26/h3-12H,1-2H3,(H,23,24)(H,25,26). The molecule has 6 nitrogen and oxygen atoms in total. The number of hydrogen-bond donors (Lipinski definition) is 2. The lowest BCUT2D eigenvalue weighted by Gasteiger charge is -2.12. The fourth-order valence-corrected chi connectivity index (χ4v) is 3.45. The van der Waals surface area contributed by atoms with Crippen molar-refractivity contribution in [3.05, 3.63) is 77.5 Å². The molecule has 2 N–H and O–H groups in total. The molecule has 0 aliphatic carbocycles. The predicted molar refractivity (Wildman–Crippen MR) is 107 cm³/mol. The van der Waals surface area contributed by atoms with Gasteiger partial charge in [0.25, 0.3) is 5.91 Å². The minimum Gasteiger partial charge on any atom is -0.495 e. The molecule has 0 aliphatic rings. The van der Waals surface area contributed by atoms with Crippen LogP contribution < -0.4 is 10.1 Å². The monoisotopic (exact) mass is 394 g/mol. The zero-order valence-electron chi connectivity index (χ0n) is 15.3. The summed E-state index contributed by atoms with van der Waals surface area (Å²) >= 11 is 1.30. The van der Waals surface area contributed by atoms with Gasteiger partial charge in [-0.15, -0.1) is 0 Å². The van der Waals surface area contributed by atoms with Gasteiger partial charge in [0.05, 0.1) is 23.9 Å². The number of rotatable bonds is 6.